The van der Waals surface area contributed by atoms with Gasteiger partial charge in [0.2, 0.25) is 5.91 Å². The van der Waals surface area contributed by atoms with E-state index >= 15 is 0 Å². The van der Waals surface area contributed by atoms with Gasteiger partial charge in [0, 0.05) is 36.1 Å². The number of hydrogen-bond acceptors (Lipinski definition) is 4. The fourth-order valence-electron chi connectivity index (χ4n) is 3.87. The van der Waals surface area contributed by atoms with Crippen molar-refractivity contribution in [3.63, 3.8) is 0 Å². The van der Waals surface area contributed by atoms with Gasteiger partial charge in [0.05, 0.1) is 4.90 Å². The number of carbonyl (C=O) groups is 2. The maximum absolute atomic E-state index is 13.0. The maximum atomic E-state index is 13.0. The second-order valence-corrected chi connectivity index (χ2v) is 9.82. The quantitative estimate of drug-likeness (QED) is 0.591. The van der Waals surface area contributed by atoms with E-state index in [-0.39, 0.29) is 16.4 Å². The first-order chi connectivity index (χ1) is 15.6. The molecule has 170 valence electrons. The molecule has 3 aromatic carbocycles. The highest BCUT2D eigenvalue weighted by Crippen LogP contribution is 2.31. The van der Waals surface area contributed by atoms with Gasteiger partial charge in [-0.25, -0.2) is 8.42 Å². The lowest BCUT2D eigenvalue weighted by molar-refractivity contribution is -0.116. The van der Waals surface area contributed by atoms with Crippen molar-refractivity contribution in [1.29, 1.82) is 0 Å². The van der Waals surface area contributed by atoms with Crippen LogP contribution in [-0.4, -0.2) is 26.8 Å². The number of amides is 2. The van der Waals surface area contributed by atoms with Crippen LogP contribution in [-0.2, 0) is 21.2 Å². The first kappa shape index (κ1) is 22.5. The third kappa shape index (κ3) is 4.75. The third-order valence-corrected chi connectivity index (χ3v) is 7.18. The van der Waals surface area contributed by atoms with Crippen LogP contribution in [0.2, 0.25) is 0 Å². The molecule has 33 heavy (non-hydrogen) atoms. The largest absolute Gasteiger partial charge is 0.322 e. The number of nitrogens with zero attached hydrogens (tertiary/aromatic N) is 1. The summed E-state index contributed by atoms with van der Waals surface area (Å²) in [5, 5.41) is 2.83. The third-order valence-electron chi connectivity index (χ3n) is 5.66. The predicted octanol–water partition coefficient (Wildman–Crippen LogP) is 4.27. The molecule has 0 aromatic heterocycles. The van der Waals surface area contributed by atoms with Crippen LogP contribution < -0.4 is 14.9 Å². The SMILES string of the molecule is CC(=O)N1CCc2cc(NC(=O)c3ccc(C)c(S(=O)(=O)Nc4ccc(C)cc4)c3)ccc21. The Hall–Kier alpha value is -3.65. The molecule has 0 bridgehead atoms. The van der Waals surface area contributed by atoms with Crippen molar-refractivity contribution in [2.75, 3.05) is 21.5 Å². The zero-order valence-corrected chi connectivity index (χ0v) is 19.5. The Balaban J connectivity index is 1.55. The zero-order chi connectivity index (χ0) is 23.8. The minimum atomic E-state index is -3.88. The van der Waals surface area contributed by atoms with Gasteiger partial charge in [0.15, 0.2) is 0 Å². The van der Waals surface area contributed by atoms with E-state index in [4.69, 9.17) is 0 Å². The summed E-state index contributed by atoms with van der Waals surface area (Å²) in [4.78, 5) is 26.4. The Kier molecular flexibility index (Phi) is 5.95. The predicted molar refractivity (Wildman–Crippen MR) is 129 cm³/mol. The Morgan fingerprint density at radius 2 is 1.61 bits per heavy atom. The smallest absolute Gasteiger partial charge is 0.262 e. The number of aryl methyl sites for hydroxylation is 2. The number of nitrogens with one attached hydrogen (secondary N) is 2. The van der Waals surface area contributed by atoms with E-state index in [0.29, 0.717) is 23.5 Å². The highest BCUT2D eigenvalue weighted by Gasteiger charge is 2.23. The van der Waals surface area contributed by atoms with Gasteiger partial charge >= 0.3 is 0 Å². The molecule has 0 aliphatic carbocycles. The van der Waals surface area contributed by atoms with Crippen molar-refractivity contribution >= 4 is 38.9 Å². The summed E-state index contributed by atoms with van der Waals surface area (Å²) in [6, 6.07) is 17.0. The lowest BCUT2D eigenvalue weighted by atomic mass is 10.1. The average Bonchev–Trinajstić information content (AvgIpc) is 3.19. The number of fused-ring (bicyclic) bond motifs is 1. The Bertz CT molecular complexity index is 1350. The molecular formula is C25H25N3O4S. The standard InChI is InChI=1S/C25H25N3O4S/c1-16-4-8-21(9-5-16)27-33(31,32)24-15-20(7-6-17(24)2)25(30)26-22-10-11-23-19(14-22)12-13-28(23)18(3)29/h4-11,14-15,27H,12-13H2,1-3H3,(H,26,30). The molecule has 0 spiro atoms. The molecule has 2 amide bonds. The number of benzene rings is 3. The topological polar surface area (TPSA) is 95.6 Å². The van der Waals surface area contributed by atoms with Crippen molar-refractivity contribution in [3.05, 3.63) is 82.9 Å². The average molecular weight is 464 g/mol. The number of rotatable bonds is 5. The van der Waals surface area contributed by atoms with E-state index in [1.165, 1.54) is 13.0 Å². The summed E-state index contributed by atoms with van der Waals surface area (Å²) in [5.74, 6) is -0.429. The number of carbonyl (C=O) groups excluding carboxylic acids is 2. The van der Waals surface area contributed by atoms with Crippen LogP contribution in [0.4, 0.5) is 17.1 Å². The van der Waals surface area contributed by atoms with Crippen molar-refractivity contribution in [2.24, 2.45) is 0 Å². The molecule has 7 nitrogen and oxygen atoms in total. The molecule has 0 saturated heterocycles. The number of anilines is 3. The van der Waals surface area contributed by atoms with Crippen LogP contribution >= 0.6 is 0 Å². The molecule has 0 unspecified atom stereocenters. The molecule has 0 atom stereocenters. The Morgan fingerprint density at radius 3 is 2.30 bits per heavy atom. The lowest BCUT2D eigenvalue weighted by Crippen LogP contribution is -2.25. The van der Waals surface area contributed by atoms with Crippen molar-refractivity contribution in [2.45, 2.75) is 32.1 Å². The molecule has 1 heterocycles. The molecule has 8 heteroatoms. The van der Waals surface area contributed by atoms with Crippen molar-refractivity contribution in [3.8, 4) is 0 Å². The molecule has 0 radical (unpaired) electrons. The van der Waals surface area contributed by atoms with Gasteiger partial charge in [-0.2, -0.15) is 0 Å². The van der Waals surface area contributed by atoms with E-state index in [1.54, 1.807) is 42.2 Å². The Morgan fingerprint density at radius 1 is 0.909 bits per heavy atom. The summed E-state index contributed by atoms with van der Waals surface area (Å²) < 4.78 is 28.5. The van der Waals surface area contributed by atoms with Crippen LogP contribution in [0.15, 0.2) is 65.6 Å². The maximum Gasteiger partial charge on any atom is 0.262 e. The molecule has 2 N–H and O–H groups in total. The van der Waals surface area contributed by atoms with Crippen LogP contribution in [0.3, 0.4) is 0 Å². The van der Waals surface area contributed by atoms with E-state index < -0.39 is 15.9 Å². The molecule has 4 rings (SSSR count). The number of hydrogen-bond donors (Lipinski definition) is 2. The first-order valence-electron chi connectivity index (χ1n) is 10.6. The summed E-state index contributed by atoms with van der Waals surface area (Å²) in [6.45, 7) is 5.76. The summed E-state index contributed by atoms with van der Waals surface area (Å²) in [7, 11) is -3.88. The fourth-order valence-corrected chi connectivity index (χ4v) is 5.20. The minimum Gasteiger partial charge on any atom is -0.322 e. The second kappa shape index (κ2) is 8.71. The lowest BCUT2D eigenvalue weighted by Gasteiger charge is -2.15. The van der Waals surface area contributed by atoms with Gasteiger partial charge in [0.25, 0.3) is 15.9 Å². The van der Waals surface area contributed by atoms with Gasteiger partial charge in [-0.05, 0) is 73.9 Å². The molecule has 1 aliphatic heterocycles. The van der Waals surface area contributed by atoms with E-state index in [9.17, 15) is 18.0 Å². The van der Waals surface area contributed by atoms with Crippen LogP contribution in [0.1, 0.15) is 34.0 Å². The van der Waals surface area contributed by atoms with Crippen molar-refractivity contribution in [1.82, 2.24) is 0 Å². The molecular weight excluding hydrogens is 438 g/mol. The molecule has 0 saturated carbocycles. The minimum absolute atomic E-state index is 0.0156. The van der Waals surface area contributed by atoms with E-state index in [2.05, 4.69) is 10.0 Å². The molecule has 0 fully saturated rings. The summed E-state index contributed by atoms with van der Waals surface area (Å²) >= 11 is 0. The van der Waals surface area contributed by atoms with Gasteiger partial charge < -0.3 is 10.2 Å². The van der Waals surface area contributed by atoms with Gasteiger partial charge in [-0.3, -0.25) is 14.3 Å². The van der Waals surface area contributed by atoms with Gasteiger partial charge in [-0.15, -0.1) is 0 Å². The van der Waals surface area contributed by atoms with Crippen LogP contribution in [0, 0.1) is 13.8 Å². The Labute approximate surface area is 193 Å². The van der Waals surface area contributed by atoms with Crippen LogP contribution in [0.5, 0.6) is 0 Å². The first-order valence-corrected chi connectivity index (χ1v) is 12.0. The van der Waals surface area contributed by atoms with Crippen molar-refractivity contribution < 1.29 is 18.0 Å². The van der Waals surface area contributed by atoms with Gasteiger partial charge in [-0.1, -0.05) is 23.8 Å². The van der Waals surface area contributed by atoms with Gasteiger partial charge in [0.1, 0.15) is 0 Å². The fraction of sp³-hybridized carbons (Fsp3) is 0.200. The normalized spacial score (nSPS) is 12.9. The highest BCUT2D eigenvalue weighted by atomic mass is 32.2. The zero-order valence-electron chi connectivity index (χ0n) is 18.7. The van der Waals surface area contributed by atoms with E-state index in [1.807, 2.05) is 31.2 Å². The summed E-state index contributed by atoms with van der Waals surface area (Å²) in [5.41, 5.74) is 4.67. The monoisotopic (exact) mass is 463 g/mol. The molecule has 1 aliphatic rings. The summed E-state index contributed by atoms with van der Waals surface area (Å²) in [6.07, 6.45) is 0.718. The number of sulfonamides is 1. The second-order valence-electron chi connectivity index (χ2n) is 8.17. The van der Waals surface area contributed by atoms with E-state index in [0.717, 1.165) is 23.2 Å². The highest BCUT2D eigenvalue weighted by molar-refractivity contribution is 7.92. The molecule has 3 aromatic rings. The van der Waals surface area contributed by atoms with Crippen LogP contribution in [0.25, 0.3) is 0 Å².